The van der Waals surface area contributed by atoms with Crippen LogP contribution in [0.1, 0.15) is 58.3 Å². The minimum atomic E-state index is 1.07. The molecule has 2 heteroatoms. The van der Waals surface area contributed by atoms with Crippen LogP contribution in [0.3, 0.4) is 0 Å². The van der Waals surface area contributed by atoms with E-state index in [9.17, 15) is 0 Å². The van der Waals surface area contributed by atoms with Gasteiger partial charge < -0.3 is 10.6 Å². The molecule has 0 heterocycles. The van der Waals surface area contributed by atoms with Crippen LogP contribution in [-0.2, 0) is 0 Å². The van der Waals surface area contributed by atoms with E-state index in [4.69, 9.17) is 0 Å². The maximum Gasteiger partial charge on any atom is 0.127 e. The zero-order valence-corrected chi connectivity index (χ0v) is 11.0. The first-order valence-electron chi connectivity index (χ1n) is 6.91. The summed E-state index contributed by atoms with van der Waals surface area (Å²) in [5.41, 5.74) is 3.89. The molecule has 0 radical (unpaired) electrons. The number of unbranched alkanes of at least 4 members (excludes halogenated alkanes) is 7. The molecular formula is C13H32N2+2. The van der Waals surface area contributed by atoms with Crippen molar-refractivity contribution in [2.75, 3.05) is 26.7 Å². The van der Waals surface area contributed by atoms with E-state index in [-0.39, 0.29) is 0 Å². The summed E-state index contributed by atoms with van der Waals surface area (Å²) < 4.78 is 0. The van der Waals surface area contributed by atoms with Gasteiger partial charge >= 0.3 is 0 Å². The first-order chi connectivity index (χ1) is 7.31. The quantitative estimate of drug-likeness (QED) is 0.481. The Morgan fingerprint density at radius 1 is 0.800 bits per heavy atom. The number of hydrogen-bond acceptors (Lipinski definition) is 0. The van der Waals surface area contributed by atoms with E-state index in [1.807, 2.05) is 0 Å². The van der Waals surface area contributed by atoms with Crippen molar-refractivity contribution in [1.29, 1.82) is 0 Å². The summed E-state index contributed by atoms with van der Waals surface area (Å²) in [6.45, 7) is 5.92. The van der Waals surface area contributed by atoms with Crippen molar-refractivity contribution in [2.45, 2.75) is 58.3 Å². The van der Waals surface area contributed by atoms with Crippen LogP contribution in [0.5, 0.6) is 0 Å². The molecule has 15 heavy (non-hydrogen) atoms. The summed E-state index contributed by atoms with van der Waals surface area (Å²) in [6, 6.07) is 0. The standard InChI is InChI=1S/C13H30N2/c1-3-4-5-6-7-8-9-10-12-15(2)13-11-14/h3-14H2,1-2H3/p+2. The van der Waals surface area contributed by atoms with Crippen molar-refractivity contribution < 1.29 is 10.6 Å². The van der Waals surface area contributed by atoms with Crippen LogP contribution in [-0.4, -0.2) is 26.7 Å². The first kappa shape index (κ1) is 14.9. The lowest BCUT2D eigenvalue weighted by atomic mass is 10.1. The van der Waals surface area contributed by atoms with Gasteiger partial charge in [-0.15, -0.1) is 0 Å². The Hall–Kier alpha value is -0.0800. The maximum absolute atomic E-state index is 3.89. The molecule has 0 saturated carbocycles. The van der Waals surface area contributed by atoms with E-state index >= 15 is 0 Å². The molecule has 1 unspecified atom stereocenters. The third-order valence-electron chi connectivity index (χ3n) is 3.06. The molecule has 4 N–H and O–H groups in total. The lowest BCUT2D eigenvalue weighted by molar-refractivity contribution is -0.885. The van der Waals surface area contributed by atoms with Crippen LogP contribution in [0, 0.1) is 0 Å². The second kappa shape index (κ2) is 12.0. The van der Waals surface area contributed by atoms with Crippen molar-refractivity contribution >= 4 is 0 Å². The summed E-state index contributed by atoms with van der Waals surface area (Å²) in [5, 5.41) is 0. The molecule has 1 atom stereocenters. The van der Waals surface area contributed by atoms with Crippen molar-refractivity contribution in [2.24, 2.45) is 0 Å². The molecule has 92 valence electrons. The largest absolute Gasteiger partial charge is 0.353 e. The van der Waals surface area contributed by atoms with Crippen LogP contribution in [0.25, 0.3) is 0 Å². The van der Waals surface area contributed by atoms with Crippen molar-refractivity contribution in [3.8, 4) is 0 Å². The lowest BCUT2D eigenvalue weighted by Gasteiger charge is -2.11. The molecular weight excluding hydrogens is 184 g/mol. The fourth-order valence-electron chi connectivity index (χ4n) is 1.99. The van der Waals surface area contributed by atoms with Gasteiger partial charge in [-0.3, -0.25) is 0 Å². The minimum Gasteiger partial charge on any atom is -0.353 e. The Balaban J connectivity index is 2.98. The van der Waals surface area contributed by atoms with E-state index in [0.29, 0.717) is 0 Å². The third kappa shape index (κ3) is 11.8. The fraction of sp³-hybridized carbons (Fsp3) is 1.00. The van der Waals surface area contributed by atoms with Crippen molar-refractivity contribution in [1.82, 2.24) is 0 Å². The maximum atomic E-state index is 3.89. The van der Waals surface area contributed by atoms with E-state index in [1.165, 1.54) is 64.5 Å². The predicted octanol–water partition coefficient (Wildman–Crippen LogP) is 0.884. The van der Waals surface area contributed by atoms with Gasteiger partial charge in [0.1, 0.15) is 13.1 Å². The SMILES string of the molecule is CCCCCCCCCC[NH+](C)CC[NH3+]. The predicted molar refractivity (Wildman–Crippen MR) is 67.0 cm³/mol. The van der Waals surface area contributed by atoms with Gasteiger partial charge in [-0.2, -0.15) is 0 Å². The summed E-state index contributed by atoms with van der Waals surface area (Å²) in [5.74, 6) is 0. The average Bonchev–Trinajstić information content (AvgIpc) is 2.22. The van der Waals surface area contributed by atoms with E-state index in [1.54, 1.807) is 4.90 Å². The van der Waals surface area contributed by atoms with Crippen LogP contribution in [0.15, 0.2) is 0 Å². The molecule has 0 spiro atoms. The molecule has 0 aliphatic rings. The van der Waals surface area contributed by atoms with Crippen LogP contribution in [0.4, 0.5) is 0 Å². The minimum absolute atomic E-state index is 1.07. The molecule has 2 nitrogen and oxygen atoms in total. The topological polar surface area (TPSA) is 32.1 Å². The van der Waals surface area contributed by atoms with Gasteiger partial charge in [0.05, 0.1) is 13.6 Å². The number of hydrogen-bond donors (Lipinski definition) is 2. The van der Waals surface area contributed by atoms with Gasteiger partial charge in [0.2, 0.25) is 0 Å². The Kier molecular flexibility index (Phi) is 11.9. The molecule has 0 saturated heterocycles. The molecule has 0 fully saturated rings. The van der Waals surface area contributed by atoms with Gasteiger partial charge in [0, 0.05) is 0 Å². The first-order valence-corrected chi connectivity index (χ1v) is 6.91. The second-order valence-corrected chi connectivity index (χ2v) is 4.79. The number of nitrogens with one attached hydrogen (secondary N) is 1. The number of quaternary nitrogens is 2. The van der Waals surface area contributed by atoms with Gasteiger partial charge in [-0.1, -0.05) is 45.4 Å². The summed E-state index contributed by atoms with van der Waals surface area (Å²) in [7, 11) is 2.28. The zero-order chi connectivity index (χ0) is 11.4. The molecule has 0 aliphatic carbocycles. The second-order valence-electron chi connectivity index (χ2n) is 4.79. The molecule has 0 bridgehead atoms. The van der Waals surface area contributed by atoms with E-state index in [0.717, 1.165) is 6.54 Å². The highest BCUT2D eigenvalue weighted by Gasteiger charge is 2.00. The summed E-state index contributed by atoms with van der Waals surface area (Å²) in [6.07, 6.45) is 11.4. The van der Waals surface area contributed by atoms with E-state index < -0.39 is 0 Å². The molecule has 0 aromatic carbocycles. The number of likely N-dealkylation sites (N-methyl/N-ethyl adjacent to an activating group) is 1. The Morgan fingerprint density at radius 2 is 1.33 bits per heavy atom. The zero-order valence-electron chi connectivity index (χ0n) is 11.0. The molecule has 0 rings (SSSR count). The van der Waals surface area contributed by atoms with Gasteiger partial charge in [0.25, 0.3) is 0 Å². The molecule has 0 amide bonds. The van der Waals surface area contributed by atoms with Gasteiger partial charge in [0.15, 0.2) is 0 Å². The molecule has 0 aromatic rings. The highest BCUT2D eigenvalue weighted by Crippen LogP contribution is 2.07. The van der Waals surface area contributed by atoms with Crippen LogP contribution < -0.4 is 10.6 Å². The van der Waals surface area contributed by atoms with E-state index in [2.05, 4.69) is 19.7 Å². The van der Waals surface area contributed by atoms with Gasteiger partial charge in [-0.05, 0) is 12.8 Å². The van der Waals surface area contributed by atoms with Crippen LogP contribution >= 0.6 is 0 Å². The molecule has 0 aliphatic heterocycles. The lowest BCUT2D eigenvalue weighted by Crippen LogP contribution is -3.10. The Morgan fingerprint density at radius 3 is 1.87 bits per heavy atom. The smallest absolute Gasteiger partial charge is 0.127 e. The third-order valence-corrected chi connectivity index (χ3v) is 3.06. The Labute approximate surface area is 96.2 Å². The average molecular weight is 216 g/mol. The van der Waals surface area contributed by atoms with Crippen LogP contribution in [0.2, 0.25) is 0 Å². The highest BCUT2D eigenvalue weighted by molar-refractivity contribution is 4.45. The Bertz CT molecular complexity index is 115. The number of rotatable bonds is 11. The van der Waals surface area contributed by atoms with Crippen molar-refractivity contribution in [3.63, 3.8) is 0 Å². The summed E-state index contributed by atoms with van der Waals surface area (Å²) in [4.78, 5) is 1.65. The summed E-state index contributed by atoms with van der Waals surface area (Å²) >= 11 is 0. The molecule has 0 aromatic heterocycles. The fourth-order valence-corrected chi connectivity index (χ4v) is 1.99. The van der Waals surface area contributed by atoms with Crippen molar-refractivity contribution in [3.05, 3.63) is 0 Å². The van der Waals surface area contributed by atoms with Gasteiger partial charge in [-0.25, -0.2) is 0 Å². The normalized spacial score (nSPS) is 13.0. The monoisotopic (exact) mass is 216 g/mol. The highest BCUT2D eigenvalue weighted by atomic mass is 15.1.